The third-order valence-electron chi connectivity index (χ3n) is 6.83. The topological polar surface area (TPSA) is 105 Å². The fourth-order valence-corrected chi connectivity index (χ4v) is 7.14. The molecule has 1 aromatic carbocycles. The molecule has 1 atom stereocenters. The molecule has 9 nitrogen and oxygen atoms in total. The van der Waals surface area contributed by atoms with Crippen molar-refractivity contribution in [2.24, 2.45) is 0 Å². The normalized spacial score (nSPS) is 17.8. The number of carbonyl (C=O) groups excluding carboxylic acids is 2. The second kappa shape index (κ2) is 12.9. The maximum Gasteiger partial charge on any atom is 0.341 e. The molecule has 0 saturated carbocycles. The minimum absolute atomic E-state index is 0. The Morgan fingerprint density at radius 3 is 2.58 bits per heavy atom. The third kappa shape index (κ3) is 6.57. The van der Waals surface area contributed by atoms with Gasteiger partial charge in [0.25, 0.3) is 5.91 Å². The van der Waals surface area contributed by atoms with Gasteiger partial charge in [-0.05, 0) is 69.9 Å². The number of carbonyl (C=O) groups is 2. The largest absolute Gasteiger partial charge is 0.462 e. The highest BCUT2D eigenvalue weighted by atomic mass is 35.5. The first-order valence-electron chi connectivity index (χ1n) is 12.7. The van der Waals surface area contributed by atoms with E-state index < -0.39 is 21.9 Å². The van der Waals surface area contributed by atoms with Crippen LogP contribution in [0, 0.1) is 0 Å². The van der Waals surface area contributed by atoms with Gasteiger partial charge < -0.3 is 14.8 Å². The van der Waals surface area contributed by atoms with Crippen molar-refractivity contribution >= 4 is 50.6 Å². The molecule has 1 N–H and O–H groups in total. The molecule has 2 aromatic rings. The number of nitrogens with zero attached hydrogens (tertiary/aromatic N) is 2. The monoisotopic (exact) mass is 585 g/mol. The summed E-state index contributed by atoms with van der Waals surface area (Å²) in [5, 5.41) is 3.35. The van der Waals surface area contributed by atoms with Crippen LogP contribution in [0.2, 0.25) is 0 Å². The number of esters is 1. The van der Waals surface area contributed by atoms with Crippen molar-refractivity contribution in [3.63, 3.8) is 0 Å². The van der Waals surface area contributed by atoms with Crippen LogP contribution in [0.1, 0.15) is 64.8 Å². The maximum absolute atomic E-state index is 13.1. The summed E-state index contributed by atoms with van der Waals surface area (Å²) in [6.45, 7) is 8.76. The SMILES string of the molecule is CCOC(=O)c1c(NC(=O)c2ccc(S(=O)(=O)N(C)CC3CCCO3)cc2)sc2c1CCN(C(C)C)C2.Cl. The Morgan fingerprint density at radius 1 is 1.26 bits per heavy atom. The molecule has 1 fully saturated rings. The zero-order valence-electron chi connectivity index (χ0n) is 22.2. The Kier molecular flexibility index (Phi) is 10.4. The van der Waals surface area contributed by atoms with E-state index in [0.717, 1.165) is 29.8 Å². The second-order valence-electron chi connectivity index (χ2n) is 9.64. The first-order chi connectivity index (χ1) is 17.6. The van der Waals surface area contributed by atoms with Crippen LogP contribution in [0.25, 0.3) is 0 Å². The van der Waals surface area contributed by atoms with Gasteiger partial charge in [0.2, 0.25) is 10.0 Å². The van der Waals surface area contributed by atoms with Gasteiger partial charge in [0.05, 0.1) is 23.2 Å². The summed E-state index contributed by atoms with van der Waals surface area (Å²) in [4.78, 5) is 29.4. The number of amides is 1. The van der Waals surface area contributed by atoms with Crippen LogP contribution in [-0.4, -0.2) is 75.0 Å². The van der Waals surface area contributed by atoms with Crippen molar-refractivity contribution in [2.45, 2.75) is 63.6 Å². The number of anilines is 1. The highest BCUT2D eigenvalue weighted by molar-refractivity contribution is 7.89. The van der Waals surface area contributed by atoms with Gasteiger partial charge in [-0.2, -0.15) is 4.31 Å². The van der Waals surface area contributed by atoms with Gasteiger partial charge in [-0.25, -0.2) is 13.2 Å². The minimum atomic E-state index is -3.71. The average molecular weight is 586 g/mol. The Bertz CT molecular complexity index is 1240. The molecule has 1 aromatic heterocycles. The zero-order valence-corrected chi connectivity index (χ0v) is 24.6. The first-order valence-corrected chi connectivity index (χ1v) is 14.9. The van der Waals surface area contributed by atoms with Crippen molar-refractivity contribution < 1.29 is 27.5 Å². The number of benzene rings is 1. The molecule has 0 bridgehead atoms. The molecule has 0 radical (unpaired) electrons. The standard InChI is InChI=1S/C26H35N3O6S2.ClH/c1-5-34-26(31)23-21-12-13-29(17(2)3)16-22(21)36-25(23)27-24(30)18-8-10-20(11-9-18)37(32,33)28(4)15-19-7-6-14-35-19;/h8-11,17,19H,5-7,12-16H2,1-4H3,(H,27,30);1H. The number of thiophene rings is 1. The lowest BCUT2D eigenvalue weighted by Crippen LogP contribution is -2.35. The molecule has 2 aliphatic rings. The molecule has 1 amide bonds. The zero-order chi connectivity index (χ0) is 26.7. The van der Waals surface area contributed by atoms with E-state index in [-0.39, 0.29) is 30.0 Å². The summed E-state index contributed by atoms with van der Waals surface area (Å²) in [5.74, 6) is -0.856. The van der Waals surface area contributed by atoms with E-state index in [0.29, 0.717) is 48.3 Å². The van der Waals surface area contributed by atoms with Gasteiger partial charge in [0.1, 0.15) is 5.00 Å². The minimum Gasteiger partial charge on any atom is -0.462 e. The second-order valence-corrected chi connectivity index (χ2v) is 12.8. The molecule has 3 heterocycles. The van der Waals surface area contributed by atoms with Crippen LogP contribution in [0.15, 0.2) is 29.2 Å². The fraction of sp³-hybridized carbons (Fsp3) is 0.538. The van der Waals surface area contributed by atoms with Gasteiger partial charge in [-0.3, -0.25) is 9.69 Å². The van der Waals surface area contributed by atoms with Crippen LogP contribution in [-0.2, 0) is 32.5 Å². The van der Waals surface area contributed by atoms with E-state index >= 15 is 0 Å². The number of hydrogen-bond acceptors (Lipinski definition) is 8. The van der Waals surface area contributed by atoms with Gasteiger partial charge >= 0.3 is 5.97 Å². The quantitative estimate of drug-likeness (QED) is 0.440. The average Bonchev–Trinajstić information content (AvgIpc) is 3.51. The van der Waals surface area contributed by atoms with Crippen LogP contribution in [0.4, 0.5) is 5.00 Å². The predicted octanol–water partition coefficient (Wildman–Crippen LogP) is 4.16. The highest BCUT2D eigenvalue weighted by Crippen LogP contribution is 2.38. The van der Waals surface area contributed by atoms with Crippen LogP contribution in [0.3, 0.4) is 0 Å². The van der Waals surface area contributed by atoms with Crippen molar-refractivity contribution in [1.29, 1.82) is 0 Å². The van der Waals surface area contributed by atoms with Crippen LogP contribution in [0.5, 0.6) is 0 Å². The number of hydrogen-bond donors (Lipinski definition) is 1. The van der Waals surface area contributed by atoms with E-state index in [1.54, 1.807) is 6.92 Å². The van der Waals surface area contributed by atoms with Gasteiger partial charge in [0.15, 0.2) is 0 Å². The van der Waals surface area contributed by atoms with E-state index in [1.165, 1.54) is 47.0 Å². The maximum atomic E-state index is 13.1. The number of halogens is 1. The van der Waals surface area contributed by atoms with E-state index in [4.69, 9.17) is 9.47 Å². The van der Waals surface area contributed by atoms with E-state index in [9.17, 15) is 18.0 Å². The molecule has 210 valence electrons. The summed E-state index contributed by atoms with van der Waals surface area (Å²) >= 11 is 1.40. The molecular formula is C26H36ClN3O6S2. The summed E-state index contributed by atoms with van der Waals surface area (Å²) in [5.41, 5.74) is 1.66. The fourth-order valence-electron chi connectivity index (χ4n) is 4.68. The number of nitrogens with one attached hydrogen (secondary N) is 1. The lowest BCUT2D eigenvalue weighted by atomic mass is 10.0. The lowest BCUT2D eigenvalue weighted by molar-refractivity contribution is 0.0526. The highest BCUT2D eigenvalue weighted by Gasteiger charge is 2.31. The number of sulfonamides is 1. The van der Waals surface area contributed by atoms with Crippen molar-refractivity contribution in [1.82, 2.24) is 9.21 Å². The summed E-state index contributed by atoms with van der Waals surface area (Å²) in [6, 6.07) is 6.21. The van der Waals surface area contributed by atoms with Gasteiger partial charge in [0, 0.05) is 49.8 Å². The van der Waals surface area contributed by atoms with Gasteiger partial charge in [-0.1, -0.05) is 0 Å². The molecule has 0 spiro atoms. The van der Waals surface area contributed by atoms with Crippen molar-refractivity contribution in [2.75, 3.05) is 38.7 Å². The lowest BCUT2D eigenvalue weighted by Gasteiger charge is -2.30. The van der Waals surface area contributed by atoms with Crippen LogP contribution < -0.4 is 5.32 Å². The number of ether oxygens (including phenoxy) is 2. The van der Waals surface area contributed by atoms with Crippen LogP contribution >= 0.6 is 23.7 Å². The van der Waals surface area contributed by atoms with Crippen molar-refractivity contribution in [3.8, 4) is 0 Å². The molecular weight excluding hydrogens is 550 g/mol. The molecule has 1 unspecified atom stereocenters. The molecule has 2 aliphatic heterocycles. The summed E-state index contributed by atoms with van der Waals surface area (Å²) in [7, 11) is -2.17. The molecule has 4 rings (SSSR count). The molecule has 38 heavy (non-hydrogen) atoms. The Morgan fingerprint density at radius 2 is 1.97 bits per heavy atom. The molecule has 0 aliphatic carbocycles. The predicted molar refractivity (Wildman–Crippen MR) is 150 cm³/mol. The number of rotatable bonds is 9. The van der Waals surface area contributed by atoms with Gasteiger partial charge in [-0.15, -0.1) is 23.7 Å². The van der Waals surface area contributed by atoms with Crippen molar-refractivity contribution in [3.05, 3.63) is 45.8 Å². The number of likely N-dealkylation sites (N-methyl/N-ethyl adjacent to an activating group) is 1. The smallest absolute Gasteiger partial charge is 0.341 e. The van der Waals surface area contributed by atoms with E-state index in [1.807, 2.05) is 0 Å². The number of fused-ring (bicyclic) bond motifs is 1. The summed E-state index contributed by atoms with van der Waals surface area (Å²) < 4.78 is 38.1. The Labute approximate surface area is 234 Å². The molecule has 1 saturated heterocycles. The van der Waals surface area contributed by atoms with E-state index in [2.05, 4.69) is 24.1 Å². The summed E-state index contributed by atoms with van der Waals surface area (Å²) in [6.07, 6.45) is 2.39. The molecule has 12 heteroatoms. The first kappa shape index (κ1) is 30.5. The Balaban J connectivity index is 0.00000400. The Hall–Kier alpha value is -2.02. The third-order valence-corrected chi connectivity index (χ3v) is 9.80.